The Bertz CT molecular complexity index is 510. The zero-order valence-electron chi connectivity index (χ0n) is 8.18. The van der Waals surface area contributed by atoms with Crippen molar-refractivity contribution in [2.75, 3.05) is 0 Å². The first kappa shape index (κ1) is 13.5. The van der Waals surface area contributed by atoms with E-state index in [4.69, 9.17) is 4.55 Å². The molecule has 1 aromatic carbocycles. The quantitative estimate of drug-likeness (QED) is 0.853. The molecule has 0 saturated carbocycles. The zero-order chi connectivity index (χ0) is 13.1. The smallest absolute Gasteiger partial charge is 0.362 e. The van der Waals surface area contributed by atoms with Crippen LogP contribution < -0.4 is 4.18 Å². The van der Waals surface area contributed by atoms with Crippen LogP contribution in [0.15, 0.2) is 36.4 Å². The average Bonchev–Trinajstić information content (AvgIpc) is 2.26. The van der Waals surface area contributed by atoms with Crippen LogP contribution in [0, 0.1) is 0 Å². The molecule has 0 fully saturated rings. The van der Waals surface area contributed by atoms with Gasteiger partial charge < -0.3 is 4.18 Å². The lowest BCUT2D eigenvalue weighted by molar-refractivity contribution is 0.326. The predicted molar refractivity (Wildman–Crippen MR) is 52.8 cm³/mol. The van der Waals surface area contributed by atoms with Crippen molar-refractivity contribution in [1.29, 1.82) is 0 Å². The van der Waals surface area contributed by atoms with Gasteiger partial charge in [-0.05, 0) is 17.7 Å². The molecular weight excluding hydrogens is 261 g/mol. The number of halogens is 3. The van der Waals surface area contributed by atoms with Crippen LogP contribution in [-0.4, -0.2) is 13.0 Å². The Morgan fingerprint density at radius 1 is 1.35 bits per heavy atom. The highest BCUT2D eigenvalue weighted by Crippen LogP contribution is 2.28. The third-order valence-electron chi connectivity index (χ3n) is 1.72. The van der Waals surface area contributed by atoms with Gasteiger partial charge in [0.15, 0.2) is 12.0 Å². The molecule has 1 unspecified atom stereocenters. The average molecular weight is 268 g/mol. The summed E-state index contributed by atoms with van der Waals surface area (Å²) in [6.45, 7) is 0. The fraction of sp³-hybridized carbons (Fsp3) is 0.111. The van der Waals surface area contributed by atoms with Crippen molar-refractivity contribution in [2.24, 2.45) is 0 Å². The number of rotatable bonds is 4. The number of hydrogen-bond donors (Lipinski definition) is 1. The molecule has 1 N–H and O–H groups in total. The van der Waals surface area contributed by atoms with Crippen molar-refractivity contribution in [2.45, 2.75) is 6.17 Å². The normalized spacial score (nSPS) is 14.5. The molecule has 1 rings (SSSR count). The second kappa shape index (κ2) is 5.19. The van der Waals surface area contributed by atoms with Crippen LogP contribution in [0.25, 0.3) is 0 Å². The third-order valence-corrected chi connectivity index (χ3v) is 2.12. The monoisotopic (exact) mass is 268 g/mol. The van der Waals surface area contributed by atoms with Gasteiger partial charge in [0, 0.05) is 0 Å². The van der Waals surface area contributed by atoms with E-state index < -0.39 is 28.7 Å². The van der Waals surface area contributed by atoms with Crippen LogP contribution >= 0.6 is 0 Å². The maximum atomic E-state index is 13.1. The van der Waals surface area contributed by atoms with E-state index in [0.29, 0.717) is 0 Å². The molecule has 0 aliphatic heterocycles. The molecule has 4 nitrogen and oxygen atoms in total. The Labute approximate surface area is 95.3 Å². The van der Waals surface area contributed by atoms with E-state index in [2.05, 4.69) is 4.18 Å². The molecule has 0 aliphatic rings. The number of alkyl halides is 1. The Balaban J connectivity index is 2.89. The summed E-state index contributed by atoms with van der Waals surface area (Å²) in [5.74, 6) is -1.89. The summed E-state index contributed by atoms with van der Waals surface area (Å²) in [7, 11) is -4.67. The Kier molecular flexibility index (Phi) is 4.13. The van der Waals surface area contributed by atoms with Crippen molar-refractivity contribution in [1.82, 2.24) is 0 Å². The van der Waals surface area contributed by atoms with E-state index in [1.165, 1.54) is 0 Å². The molecular formula is C9H7F3O4S. The van der Waals surface area contributed by atoms with E-state index in [1.807, 2.05) is 0 Å². The first-order valence-electron chi connectivity index (χ1n) is 4.20. The third kappa shape index (κ3) is 4.08. The van der Waals surface area contributed by atoms with Gasteiger partial charge >= 0.3 is 10.4 Å². The van der Waals surface area contributed by atoms with Crippen molar-refractivity contribution in [3.63, 3.8) is 0 Å². The molecule has 0 saturated heterocycles. The lowest BCUT2D eigenvalue weighted by Crippen LogP contribution is -2.06. The molecule has 1 aromatic rings. The van der Waals surface area contributed by atoms with E-state index in [9.17, 15) is 21.6 Å². The summed E-state index contributed by atoms with van der Waals surface area (Å²) >= 11 is 0. The SMILES string of the molecule is O=S(=O)(O)Oc1ccc(C(F)C(F)=CF)cc1. The molecule has 0 heterocycles. The van der Waals surface area contributed by atoms with Crippen LogP contribution in [0.1, 0.15) is 11.7 Å². The molecule has 0 spiro atoms. The van der Waals surface area contributed by atoms with Gasteiger partial charge in [0.2, 0.25) is 0 Å². The predicted octanol–water partition coefficient (Wildman–Crippen LogP) is 2.66. The van der Waals surface area contributed by atoms with Gasteiger partial charge in [0.1, 0.15) is 12.1 Å². The van der Waals surface area contributed by atoms with Crippen LogP contribution in [-0.2, 0) is 10.4 Å². The van der Waals surface area contributed by atoms with Crippen LogP contribution in [0.2, 0.25) is 0 Å². The van der Waals surface area contributed by atoms with Crippen molar-refractivity contribution < 1.29 is 30.3 Å². The maximum absolute atomic E-state index is 13.1. The van der Waals surface area contributed by atoms with Gasteiger partial charge in [-0.15, -0.1) is 0 Å². The van der Waals surface area contributed by atoms with Crippen LogP contribution in [0.3, 0.4) is 0 Å². The van der Waals surface area contributed by atoms with Gasteiger partial charge in [0.25, 0.3) is 0 Å². The number of hydrogen-bond acceptors (Lipinski definition) is 3. The van der Waals surface area contributed by atoms with Crippen molar-refractivity contribution in [3.05, 3.63) is 42.0 Å². The Morgan fingerprint density at radius 2 is 1.88 bits per heavy atom. The first-order valence-corrected chi connectivity index (χ1v) is 5.56. The molecule has 94 valence electrons. The van der Waals surface area contributed by atoms with Crippen molar-refractivity contribution in [3.8, 4) is 5.75 Å². The molecule has 1 atom stereocenters. The lowest BCUT2D eigenvalue weighted by Gasteiger charge is -2.06. The zero-order valence-corrected chi connectivity index (χ0v) is 8.99. The van der Waals surface area contributed by atoms with Gasteiger partial charge in [0.05, 0.1) is 0 Å². The molecule has 0 radical (unpaired) electrons. The highest BCUT2D eigenvalue weighted by Gasteiger charge is 2.16. The van der Waals surface area contributed by atoms with Gasteiger partial charge in [-0.2, -0.15) is 8.42 Å². The summed E-state index contributed by atoms with van der Waals surface area (Å²) in [5, 5.41) is 0. The van der Waals surface area contributed by atoms with Crippen molar-refractivity contribution >= 4 is 10.4 Å². The molecule has 0 aliphatic carbocycles. The maximum Gasteiger partial charge on any atom is 0.446 e. The summed E-state index contributed by atoms with van der Waals surface area (Å²) in [6, 6.07) is 3.96. The summed E-state index contributed by atoms with van der Waals surface area (Å²) in [5.41, 5.74) is -0.223. The minimum atomic E-state index is -4.67. The molecule has 8 heteroatoms. The molecule has 0 amide bonds. The van der Waals surface area contributed by atoms with Gasteiger partial charge in [-0.25, -0.2) is 13.2 Å². The fourth-order valence-corrected chi connectivity index (χ4v) is 1.38. The van der Waals surface area contributed by atoms with E-state index in [0.717, 1.165) is 24.3 Å². The second-order valence-electron chi connectivity index (χ2n) is 2.94. The summed E-state index contributed by atoms with van der Waals surface area (Å²) in [4.78, 5) is 0. The van der Waals surface area contributed by atoms with Crippen LogP contribution in [0.5, 0.6) is 5.75 Å². The summed E-state index contributed by atoms with van der Waals surface area (Å²) < 4.78 is 70.4. The highest BCUT2D eigenvalue weighted by atomic mass is 32.3. The number of benzene rings is 1. The van der Waals surface area contributed by atoms with E-state index >= 15 is 0 Å². The van der Waals surface area contributed by atoms with E-state index in [1.54, 1.807) is 0 Å². The fourth-order valence-electron chi connectivity index (χ4n) is 1.03. The lowest BCUT2D eigenvalue weighted by atomic mass is 10.1. The minimum absolute atomic E-state index is 0.223. The molecule has 17 heavy (non-hydrogen) atoms. The Morgan fingerprint density at radius 3 is 2.29 bits per heavy atom. The number of allylic oxidation sites excluding steroid dienone is 1. The van der Waals surface area contributed by atoms with E-state index in [-0.39, 0.29) is 11.3 Å². The topological polar surface area (TPSA) is 63.6 Å². The van der Waals surface area contributed by atoms with Gasteiger partial charge in [-0.3, -0.25) is 4.55 Å². The first-order chi connectivity index (χ1) is 7.83. The van der Waals surface area contributed by atoms with Gasteiger partial charge in [-0.1, -0.05) is 12.1 Å². The molecule has 0 bridgehead atoms. The van der Waals surface area contributed by atoms with Crippen LogP contribution in [0.4, 0.5) is 13.2 Å². The Hall–Kier alpha value is -1.54. The highest BCUT2D eigenvalue weighted by molar-refractivity contribution is 7.81. The second-order valence-corrected chi connectivity index (χ2v) is 3.96. The minimum Gasteiger partial charge on any atom is -0.362 e. The largest absolute Gasteiger partial charge is 0.446 e. The summed E-state index contributed by atoms with van der Waals surface area (Å²) in [6.07, 6.45) is -2.78. The molecule has 0 aromatic heterocycles. The standard InChI is InChI=1S/C9H7F3O4S/c10-5-8(11)9(12)6-1-3-7(4-2-6)16-17(13,14)15/h1-5,9H,(H,13,14,15).